The Hall–Kier alpha value is -3.91. The minimum Gasteiger partial charge on any atom is -0.493 e. The van der Waals surface area contributed by atoms with E-state index in [-0.39, 0.29) is 18.3 Å². The van der Waals surface area contributed by atoms with Crippen molar-refractivity contribution >= 4 is 23.4 Å². The van der Waals surface area contributed by atoms with E-state index in [2.05, 4.69) is 10.4 Å². The molecule has 0 saturated carbocycles. The molecule has 33 heavy (non-hydrogen) atoms. The molecule has 1 N–H and O–H groups in total. The van der Waals surface area contributed by atoms with Crippen molar-refractivity contribution in [2.24, 2.45) is 0 Å². The molecule has 8 heteroatoms. The second-order valence-corrected chi connectivity index (χ2v) is 7.99. The number of aromatic nitrogens is 2. The number of para-hydroxylation sites is 2. The summed E-state index contributed by atoms with van der Waals surface area (Å²) in [6, 6.07) is 24.7. The zero-order valence-electron chi connectivity index (χ0n) is 18.2. The van der Waals surface area contributed by atoms with Gasteiger partial charge in [0.2, 0.25) is 5.75 Å². The quantitative estimate of drug-likeness (QED) is 0.363. The maximum atomic E-state index is 12.8. The fraction of sp³-hybridized carbons (Fsp3) is 0.120. The predicted molar refractivity (Wildman–Crippen MR) is 127 cm³/mol. The van der Waals surface area contributed by atoms with E-state index in [9.17, 15) is 4.79 Å². The minimum atomic E-state index is -0.301. The van der Waals surface area contributed by atoms with Gasteiger partial charge >= 0.3 is 0 Å². The van der Waals surface area contributed by atoms with Gasteiger partial charge in [0.15, 0.2) is 23.9 Å². The maximum Gasteiger partial charge on any atom is 0.276 e. The van der Waals surface area contributed by atoms with Gasteiger partial charge in [-0.25, -0.2) is 4.68 Å². The largest absolute Gasteiger partial charge is 0.493 e. The molecular weight excluding hydrogens is 438 g/mol. The van der Waals surface area contributed by atoms with Gasteiger partial charge in [-0.05, 0) is 42.5 Å². The third kappa shape index (κ3) is 5.48. The van der Waals surface area contributed by atoms with Gasteiger partial charge in [0.05, 0.1) is 19.9 Å². The zero-order valence-corrected chi connectivity index (χ0v) is 19.0. The Morgan fingerprint density at radius 2 is 1.61 bits per heavy atom. The standard InChI is InChI=1S/C25H23N3O4S/c1-30-21-12-8-13-22(31-2)24(21)32-17-28-16-15-20(27-28)25(29)26-19-11-6-7-14-23(19)33-18-9-4-3-5-10-18/h3-16H,17H2,1-2H3,(H,26,29). The van der Waals surface area contributed by atoms with Gasteiger partial charge in [-0.2, -0.15) is 5.10 Å². The summed E-state index contributed by atoms with van der Waals surface area (Å²) in [5, 5.41) is 7.29. The summed E-state index contributed by atoms with van der Waals surface area (Å²) >= 11 is 1.59. The van der Waals surface area contributed by atoms with Crippen molar-refractivity contribution in [3.05, 3.63) is 90.8 Å². The molecule has 4 rings (SSSR count). The Morgan fingerprint density at radius 3 is 2.33 bits per heavy atom. The molecule has 0 radical (unpaired) electrons. The zero-order chi connectivity index (χ0) is 23.0. The monoisotopic (exact) mass is 461 g/mol. The van der Waals surface area contributed by atoms with Crippen LogP contribution in [0.1, 0.15) is 10.5 Å². The number of carbonyl (C=O) groups excluding carboxylic acids is 1. The molecule has 4 aromatic rings. The number of carbonyl (C=O) groups is 1. The van der Waals surface area contributed by atoms with Gasteiger partial charge in [0, 0.05) is 16.0 Å². The van der Waals surface area contributed by atoms with Crippen molar-refractivity contribution in [3.63, 3.8) is 0 Å². The van der Waals surface area contributed by atoms with Gasteiger partial charge in [-0.15, -0.1) is 0 Å². The molecule has 1 amide bonds. The van der Waals surface area contributed by atoms with Crippen LogP contribution in [0.25, 0.3) is 0 Å². The molecule has 0 aliphatic rings. The van der Waals surface area contributed by atoms with Crippen LogP contribution < -0.4 is 19.5 Å². The Morgan fingerprint density at radius 1 is 0.909 bits per heavy atom. The number of nitrogens with zero attached hydrogens (tertiary/aromatic N) is 2. The number of rotatable bonds is 9. The first-order chi connectivity index (χ1) is 16.2. The lowest BCUT2D eigenvalue weighted by atomic mass is 10.3. The summed E-state index contributed by atoms with van der Waals surface area (Å²) in [6.45, 7) is 0.0878. The van der Waals surface area contributed by atoms with Crippen LogP contribution >= 0.6 is 11.8 Å². The molecule has 0 saturated heterocycles. The molecule has 1 heterocycles. The number of methoxy groups -OCH3 is 2. The number of hydrogen-bond acceptors (Lipinski definition) is 6. The smallest absolute Gasteiger partial charge is 0.276 e. The van der Waals surface area contributed by atoms with Crippen LogP contribution in [0, 0.1) is 0 Å². The lowest BCUT2D eigenvalue weighted by Crippen LogP contribution is -2.15. The molecule has 7 nitrogen and oxygen atoms in total. The Kier molecular flexibility index (Phi) is 7.16. The number of hydrogen-bond donors (Lipinski definition) is 1. The highest BCUT2D eigenvalue weighted by molar-refractivity contribution is 7.99. The maximum absolute atomic E-state index is 12.8. The van der Waals surface area contributed by atoms with Gasteiger partial charge < -0.3 is 19.5 Å². The summed E-state index contributed by atoms with van der Waals surface area (Å²) in [5.41, 5.74) is 1.01. The normalized spacial score (nSPS) is 10.5. The summed E-state index contributed by atoms with van der Waals surface area (Å²) in [7, 11) is 3.12. The highest BCUT2D eigenvalue weighted by Gasteiger charge is 2.15. The van der Waals surface area contributed by atoms with Crippen molar-refractivity contribution in [3.8, 4) is 17.2 Å². The van der Waals surface area contributed by atoms with E-state index >= 15 is 0 Å². The van der Waals surface area contributed by atoms with Gasteiger partial charge in [0.1, 0.15) is 0 Å². The van der Waals surface area contributed by atoms with E-state index in [1.54, 1.807) is 50.4 Å². The van der Waals surface area contributed by atoms with Crippen LogP contribution in [0.15, 0.2) is 94.9 Å². The second kappa shape index (κ2) is 10.6. The van der Waals surface area contributed by atoms with Crippen molar-refractivity contribution in [2.75, 3.05) is 19.5 Å². The highest BCUT2D eigenvalue weighted by Crippen LogP contribution is 2.37. The first-order valence-electron chi connectivity index (χ1n) is 10.2. The Labute approximate surface area is 196 Å². The molecular formula is C25H23N3O4S. The molecule has 3 aromatic carbocycles. The van der Waals surface area contributed by atoms with Gasteiger partial charge in [-0.3, -0.25) is 4.79 Å². The van der Waals surface area contributed by atoms with Crippen LogP contribution in [0.5, 0.6) is 17.2 Å². The van der Waals surface area contributed by atoms with Crippen molar-refractivity contribution in [2.45, 2.75) is 16.5 Å². The molecule has 0 aliphatic heterocycles. The predicted octanol–water partition coefficient (Wildman–Crippen LogP) is 5.34. The molecule has 0 unspecified atom stereocenters. The first-order valence-corrected chi connectivity index (χ1v) is 11.0. The third-order valence-corrected chi connectivity index (χ3v) is 5.79. The van der Waals surface area contributed by atoms with E-state index in [4.69, 9.17) is 14.2 Å². The van der Waals surface area contributed by atoms with Crippen LogP contribution in [0.3, 0.4) is 0 Å². The van der Waals surface area contributed by atoms with Gasteiger partial charge in [-0.1, -0.05) is 48.2 Å². The van der Waals surface area contributed by atoms with Crippen molar-refractivity contribution < 1.29 is 19.0 Å². The fourth-order valence-corrected chi connectivity index (χ4v) is 4.03. The molecule has 0 aliphatic carbocycles. The van der Waals surface area contributed by atoms with Crippen molar-refractivity contribution in [1.82, 2.24) is 9.78 Å². The summed E-state index contributed by atoms with van der Waals surface area (Å²) < 4.78 is 18.1. The minimum absolute atomic E-state index is 0.0878. The van der Waals surface area contributed by atoms with E-state index < -0.39 is 0 Å². The fourth-order valence-electron chi connectivity index (χ4n) is 3.11. The van der Waals surface area contributed by atoms with Crippen LogP contribution in [-0.4, -0.2) is 29.9 Å². The molecule has 1 aromatic heterocycles. The molecule has 0 fully saturated rings. The number of amides is 1. The number of anilines is 1. The molecule has 168 valence electrons. The summed E-state index contributed by atoms with van der Waals surface area (Å²) in [4.78, 5) is 14.9. The Bertz CT molecular complexity index is 1210. The van der Waals surface area contributed by atoms with Crippen LogP contribution in [0.2, 0.25) is 0 Å². The average molecular weight is 462 g/mol. The first kappa shape index (κ1) is 22.3. The highest BCUT2D eigenvalue weighted by atomic mass is 32.2. The van der Waals surface area contributed by atoms with Crippen molar-refractivity contribution in [1.29, 1.82) is 0 Å². The molecule has 0 atom stereocenters. The number of benzene rings is 3. The summed E-state index contributed by atoms with van der Waals surface area (Å²) in [5.74, 6) is 1.26. The number of ether oxygens (including phenoxy) is 3. The van der Waals surface area contributed by atoms with E-state index in [0.29, 0.717) is 17.2 Å². The summed E-state index contributed by atoms with van der Waals surface area (Å²) in [6.07, 6.45) is 1.68. The lowest BCUT2D eigenvalue weighted by Gasteiger charge is -2.14. The second-order valence-electron chi connectivity index (χ2n) is 6.87. The number of nitrogens with one attached hydrogen (secondary N) is 1. The van der Waals surface area contributed by atoms with Gasteiger partial charge in [0.25, 0.3) is 5.91 Å². The topological polar surface area (TPSA) is 74.6 Å². The van der Waals surface area contributed by atoms with Crippen LogP contribution in [-0.2, 0) is 6.73 Å². The molecule has 0 spiro atoms. The SMILES string of the molecule is COc1cccc(OC)c1OCn1ccc(C(=O)Nc2ccccc2Sc2ccccc2)n1. The third-order valence-electron chi connectivity index (χ3n) is 4.70. The van der Waals surface area contributed by atoms with Crippen LogP contribution in [0.4, 0.5) is 5.69 Å². The molecule has 0 bridgehead atoms. The average Bonchev–Trinajstić information content (AvgIpc) is 3.33. The lowest BCUT2D eigenvalue weighted by molar-refractivity contribution is 0.101. The van der Waals surface area contributed by atoms with E-state index in [1.165, 1.54) is 4.68 Å². The Balaban J connectivity index is 1.43. The van der Waals surface area contributed by atoms with E-state index in [0.717, 1.165) is 15.5 Å². The van der Waals surface area contributed by atoms with E-state index in [1.807, 2.05) is 60.7 Å².